The van der Waals surface area contributed by atoms with Crippen molar-refractivity contribution in [2.75, 3.05) is 11.9 Å². The van der Waals surface area contributed by atoms with E-state index in [0.717, 1.165) is 17.9 Å². The third kappa shape index (κ3) is 4.08. The molecule has 2 rings (SSSR count). The maximum absolute atomic E-state index is 13.7. The highest BCUT2D eigenvalue weighted by molar-refractivity contribution is 7.99. The van der Waals surface area contributed by atoms with Crippen LogP contribution in [0.1, 0.15) is 13.3 Å². The fraction of sp³-hybridized carbons (Fsp3) is 0.231. The van der Waals surface area contributed by atoms with Crippen molar-refractivity contribution in [1.82, 2.24) is 9.97 Å². The van der Waals surface area contributed by atoms with Gasteiger partial charge < -0.3 is 5.32 Å². The Hall–Kier alpha value is -1.33. The van der Waals surface area contributed by atoms with Gasteiger partial charge in [0.1, 0.15) is 5.03 Å². The Balaban J connectivity index is 2.16. The summed E-state index contributed by atoms with van der Waals surface area (Å²) in [6, 6.07) is 7.18. The van der Waals surface area contributed by atoms with Crippen molar-refractivity contribution in [3.05, 3.63) is 41.3 Å². The Morgan fingerprint density at radius 2 is 2.05 bits per heavy atom. The number of anilines is 1. The Kier molecular flexibility index (Phi) is 4.99. The first-order valence-electron chi connectivity index (χ1n) is 5.89. The van der Waals surface area contributed by atoms with E-state index in [1.807, 2.05) is 19.1 Å². The van der Waals surface area contributed by atoms with E-state index >= 15 is 0 Å². The van der Waals surface area contributed by atoms with Crippen LogP contribution in [0.3, 0.4) is 0 Å². The molecule has 1 N–H and O–H groups in total. The van der Waals surface area contributed by atoms with Crippen molar-refractivity contribution in [3.8, 4) is 0 Å². The van der Waals surface area contributed by atoms with Crippen molar-refractivity contribution in [1.29, 1.82) is 0 Å². The molecule has 100 valence electrons. The lowest BCUT2D eigenvalue weighted by Gasteiger charge is -2.06. The largest absolute Gasteiger partial charge is 0.354 e. The van der Waals surface area contributed by atoms with E-state index in [-0.39, 0.29) is 0 Å². The van der Waals surface area contributed by atoms with Crippen LogP contribution < -0.4 is 5.32 Å². The minimum Gasteiger partial charge on any atom is -0.354 e. The van der Waals surface area contributed by atoms with Crippen molar-refractivity contribution >= 4 is 29.3 Å². The Morgan fingerprint density at radius 1 is 1.32 bits per heavy atom. The molecule has 1 aromatic heterocycles. The number of rotatable bonds is 5. The minimum atomic E-state index is -0.429. The van der Waals surface area contributed by atoms with Crippen LogP contribution in [0.2, 0.25) is 5.02 Å². The molecule has 0 unspecified atom stereocenters. The van der Waals surface area contributed by atoms with E-state index in [1.165, 1.54) is 18.0 Å². The molecule has 2 aromatic rings. The summed E-state index contributed by atoms with van der Waals surface area (Å²) in [6.07, 6.45) is 2.14. The molecule has 0 atom stereocenters. The molecule has 3 nitrogen and oxygen atoms in total. The SMILES string of the molecule is CCCNc1ncc(F)c(Sc2ccc(Cl)cc2)n1. The smallest absolute Gasteiger partial charge is 0.223 e. The molecule has 0 aliphatic rings. The van der Waals surface area contributed by atoms with E-state index in [9.17, 15) is 4.39 Å². The first kappa shape index (κ1) is 14.1. The summed E-state index contributed by atoms with van der Waals surface area (Å²) in [5, 5.41) is 3.99. The number of aromatic nitrogens is 2. The minimum absolute atomic E-state index is 0.302. The normalized spacial score (nSPS) is 10.5. The van der Waals surface area contributed by atoms with Crippen LogP contribution in [0.15, 0.2) is 40.4 Å². The molecule has 1 aromatic carbocycles. The van der Waals surface area contributed by atoms with E-state index in [0.29, 0.717) is 16.0 Å². The van der Waals surface area contributed by atoms with Crippen LogP contribution in [0.5, 0.6) is 0 Å². The third-order valence-corrected chi connectivity index (χ3v) is 3.51. The molecule has 0 amide bonds. The van der Waals surface area contributed by atoms with Gasteiger partial charge in [-0.15, -0.1) is 0 Å². The average Bonchev–Trinajstić information content (AvgIpc) is 2.42. The van der Waals surface area contributed by atoms with Gasteiger partial charge >= 0.3 is 0 Å². The van der Waals surface area contributed by atoms with Gasteiger partial charge in [0.05, 0.1) is 6.20 Å². The number of halogens is 2. The second-order valence-electron chi connectivity index (χ2n) is 3.83. The average molecular weight is 298 g/mol. The number of nitrogens with zero attached hydrogens (tertiary/aromatic N) is 2. The van der Waals surface area contributed by atoms with Gasteiger partial charge in [0.2, 0.25) is 5.95 Å². The lowest BCUT2D eigenvalue weighted by molar-refractivity contribution is 0.580. The quantitative estimate of drug-likeness (QED) is 0.838. The highest BCUT2D eigenvalue weighted by atomic mass is 35.5. The van der Waals surface area contributed by atoms with E-state index in [4.69, 9.17) is 11.6 Å². The number of hydrogen-bond acceptors (Lipinski definition) is 4. The molecule has 0 fully saturated rings. The van der Waals surface area contributed by atoms with Gasteiger partial charge in [-0.2, -0.15) is 0 Å². The van der Waals surface area contributed by atoms with Gasteiger partial charge in [-0.25, -0.2) is 14.4 Å². The van der Waals surface area contributed by atoms with Crippen molar-refractivity contribution in [2.45, 2.75) is 23.3 Å². The van der Waals surface area contributed by atoms with Crippen LogP contribution in [-0.4, -0.2) is 16.5 Å². The zero-order chi connectivity index (χ0) is 13.7. The van der Waals surface area contributed by atoms with Crippen LogP contribution >= 0.6 is 23.4 Å². The zero-order valence-corrected chi connectivity index (χ0v) is 11.9. The molecular weight excluding hydrogens is 285 g/mol. The molecule has 6 heteroatoms. The number of nitrogens with one attached hydrogen (secondary N) is 1. The fourth-order valence-electron chi connectivity index (χ4n) is 1.36. The predicted molar refractivity (Wildman–Crippen MR) is 76.3 cm³/mol. The molecule has 1 heterocycles. The first-order valence-corrected chi connectivity index (χ1v) is 7.08. The van der Waals surface area contributed by atoms with Gasteiger partial charge in [-0.05, 0) is 30.7 Å². The molecular formula is C13H13ClFN3S. The number of hydrogen-bond donors (Lipinski definition) is 1. The zero-order valence-electron chi connectivity index (χ0n) is 10.4. The predicted octanol–water partition coefficient (Wildman–Crippen LogP) is 4.24. The summed E-state index contributed by atoms with van der Waals surface area (Å²) >= 11 is 7.06. The molecule has 0 spiro atoms. The highest BCUT2D eigenvalue weighted by Crippen LogP contribution is 2.29. The summed E-state index contributed by atoms with van der Waals surface area (Å²) in [6.45, 7) is 2.80. The molecule has 0 bridgehead atoms. The van der Waals surface area contributed by atoms with Gasteiger partial charge in [-0.3, -0.25) is 0 Å². The fourth-order valence-corrected chi connectivity index (χ4v) is 2.26. The Morgan fingerprint density at radius 3 is 2.74 bits per heavy atom. The van der Waals surface area contributed by atoms with E-state index in [2.05, 4.69) is 15.3 Å². The second-order valence-corrected chi connectivity index (χ2v) is 5.33. The summed E-state index contributed by atoms with van der Waals surface area (Å²) < 4.78 is 13.7. The molecule has 0 aliphatic carbocycles. The Labute approximate surface area is 120 Å². The Bertz CT molecular complexity index is 548. The maximum atomic E-state index is 13.7. The van der Waals surface area contributed by atoms with E-state index in [1.54, 1.807) is 12.1 Å². The summed E-state index contributed by atoms with van der Waals surface area (Å²) in [4.78, 5) is 8.94. The van der Waals surface area contributed by atoms with Crippen molar-refractivity contribution in [2.24, 2.45) is 0 Å². The summed E-state index contributed by atoms with van der Waals surface area (Å²) in [5.41, 5.74) is 0. The molecule has 19 heavy (non-hydrogen) atoms. The molecule has 0 saturated heterocycles. The van der Waals surface area contributed by atoms with Gasteiger partial charge in [0, 0.05) is 16.5 Å². The van der Waals surface area contributed by atoms with E-state index < -0.39 is 5.82 Å². The lowest BCUT2D eigenvalue weighted by Crippen LogP contribution is -2.05. The second kappa shape index (κ2) is 6.73. The summed E-state index contributed by atoms with van der Waals surface area (Å²) in [5.74, 6) is 0.0155. The van der Waals surface area contributed by atoms with Gasteiger partial charge in [0.15, 0.2) is 5.82 Å². The third-order valence-electron chi connectivity index (χ3n) is 2.27. The monoisotopic (exact) mass is 297 g/mol. The van der Waals surface area contributed by atoms with Crippen LogP contribution in [0.25, 0.3) is 0 Å². The standard InChI is InChI=1S/C13H13ClFN3S/c1-2-7-16-13-17-8-11(15)12(18-13)19-10-5-3-9(14)4-6-10/h3-6,8H,2,7H2,1H3,(H,16,17,18). The van der Waals surface area contributed by atoms with Gasteiger partial charge in [-0.1, -0.05) is 30.3 Å². The number of benzene rings is 1. The van der Waals surface area contributed by atoms with Crippen LogP contribution in [0.4, 0.5) is 10.3 Å². The van der Waals surface area contributed by atoms with Gasteiger partial charge in [0.25, 0.3) is 0 Å². The lowest BCUT2D eigenvalue weighted by atomic mass is 10.4. The summed E-state index contributed by atoms with van der Waals surface area (Å²) in [7, 11) is 0. The topological polar surface area (TPSA) is 37.8 Å². The highest BCUT2D eigenvalue weighted by Gasteiger charge is 2.08. The molecule has 0 aliphatic heterocycles. The van der Waals surface area contributed by atoms with Crippen LogP contribution in [-0.2, 0) is 0 Å². The van der Waals surface area contributed by atoms with Crippen molar-refractivity contribution in [3.63, 3.8) is 0 Å². The molecule has 0 saturated carbocycles. The maximum Gasteiger partial charge on any atom is 0.223 e. The first-order chi connectivity index (χ1) is 9.19. The van der Waals surface area contributed by atoms with Crippen molar-refractivity contribution < 1.29 is 4.39 Å². The molecule has 0 radical (unpaired) electrons. The van der Waals surface area contributed by atoms with Crippen LogP contribution in [0, 0.1) is 5.82 Å².